The van der Waals surface area contributed by atoms with E-state index in [9.17, 15) is 4.79 Å². The van der Waals surface area contributed by atoms with Crippen LogP contribution in [0.5, 0.6) is 23.0 Å². The summed E-state index contributed by atoms with van der Waals surface area (Å²) >= 11 is 0. The Bertz CT molecular complexity index is 2230. The first-order chi connectivity index (χ1) is 28.4. The summed E-state index contributed by atoms with van der Waals surface area (Å²) in [4.78, 5) is 23.6. The fraction of sp³-hybridized carbons (Fsp3) is 0.489. The number of piperidine rings is 2. The molecule has 4 aromatic rings. The minimum Gasteiger partial charge on any atom is -0.490 e. The van der Waals surface area contributed by atoms with E-state index in [1.807, 2.05) is 53.7 Å². The van der Waals surface area contributed by atoms with Crippen LogP contribution in [0, 0.1) is 0 Å². The van der Waals surface area contributed by atoms with Crippen molar-refractivity contribution in [1.82, 2.24) is 15.6 Å². The van der Waals surface area contributed by atoms with Crippen LogP contribution in [-0.4, -0.2) is 80.7 Å². The standard InChI is InChI=1S/C47H59N5O7/c1-8-55-40-24-30(22-32-10-16-46(3,4)58-42(32)40)28-51(34-12-18-48-19-13-34)38-27-37-39(26-36(38)44(53)54-7)57-45(50-37)52(35-14-20-49-21-15-35)29-31-23-33-11-17-47(5,6)59-43(33)41(25-31)56-9-2/h10-11,16-17,22-27,34-35,48-49H,8-9,12-15,18-21,28-29H2,1-7H3. The van der Waals surface area contributed by atoms with Gasteiger partial charge in [0.15, 0.2) is 28.6 Å². The molecule has 4 aliphatic heterocycles. The Morgan fingerprint density at radius 2 is 1.25 bits per heavy atom. The lowest BCUT2D eigenvalue weighted by molar-refractivity contribution is 0.0601. The minimum atomic E-state index is -0.442. The molecule has 2 saturated heterocycles. The van der Waals surface area contributed by atoms with Crippen molar-refractivity contribution in [1.29, 1.82) is 0 Å². The van der Waals surface area contributed by atoms with Crippen LogP contribution >= 0.6 is 0 Å². The third-order valence-electron chi connectivity index (χ3n) is 11.6. The molecule has 59 heavy (non-hydrogen) atoms. The Labute approximate surface area is 347 Å². The highest BCUT2D eigenvalue weighted by Crippen LogP contribution is 2.43. The fourth-order valence-electron chi connectivity index (χ4n) is 8.69. The summed E-state index contributed by atoms with van der Waals surface area (Å²) in [5.74, 6) is 2.53. The Hall–Kier alpha value is -5.20. The highest BCUT2D eigenvalue weighted by molar-refractivity contribution is 6.00. The summed E-state index contributed by atoms with van der Waals surface area (Å²) in [7, 11) is 1.43. The molecule has 3 aromatic carbocycles. The first-order valence-electron chi connectivity index (χ1n) is 21.3. The number of esters is 1. The van der Waals surface area contributed by atoms with Crippen molar-refractivity contribution in [3.05, 3.63) is 76.4 Å². The number of rotatable bonds is 13. The second-order valence-electron chi connectivity index (χ2n) is 17.0. The van der Waals surface area contributed by atoms with Gasteiger partial charge >= 0.3 is 5.97 Å². The maximum absolute atomic E-state index is 13.8. The first-order valence-corrected chi connectivity index (χ1v) is 21.3. The smallest absolute Gasteiger partial charge is 0.340 e. The van der Waals surface area contributed by atoms with E-state index in [0.717, 1.165) is 97.1 Å². The number of carbonyl (C=O) groups is 1. The van der Waals surface area contributed by atoms with Gasteiger partial charge in [-0.25, -0.2) is 4.79 Å². The molecule has 0 radical (unpaired) electrons. The van der Waals surface area contributed by atoms with E-state index in [0.29, 0.717) is 54.7 Å². The van der Waals surface area contributed by atoms with Gasteiger partial charge < -0.3 is 48.5 Å². The third-order valence-corrected chi connectivity index (χ3v) is 11.6. The molecule has 2 fully saturated rings. The molecule has 0 amide bonds. The van der Waals surface area contributed by atoms with Crippen LogP contribution in [0.2, 0.25) is 0 Å². The third kappa shape index (κ3) is 8.75. The fourth-order valence-corrected chi connectivity index (χ4v) is 8.69. The molecular weight excluding hydrogens is 747 g/mol. The number of oxazole rings is 1. The van der Waals surface area contributed by atoms with E-state index in [1.165, 1.54) is 7.11 Å². The molecule has 0 unspecified atom stereocenters. The molecular formula is C47H59N5O7. The van der Waals surface area contributed by atoms with Gasteiger partial charge in [0.25, 0.3) is 6.01 Å². The Morgan fingerprint density at radius 1 is 0.746 bits per heavy atom. The zero-order valence-corrected chi connectivity index (χ0v) is 35.6. The van der Waals surface area contributed by atoms with Crippen molar-refractivity contribution in [2.24, 2.45) is 0 Å². The molecule has 314 valence electrons. The van der Waals surface area contributed by atoms with Gasteiger partial charge in [0.1, 0.15) is 16.7 Å². The van der Waals surface area contributed by atoms with Crippen molar-refractivity contribution < 1.29 is 32.9 Å². The number of anilines is 2. The van der Waals surface area contributed by atoms with E-state index in [2.05, 4.69) is 69.0 Å². The molecule has 0 aliphatic carbocycles. The van der Waals surface area contributed by atoms with Crippen LogP contribution in [0.4, 0.5) is 11.7 Å². The quantitative estimate of drug-likeness (QED) is 0.127. The number of fused-ring (bicyclic) bond motifs is 3. The van der Waals surface area contributed by atoms with Crippen molar-refractivity contribution in [3.8, 4) is 23.0 Å². The van der Waals surface area contributed by atoms with Crippen LogP contribution in [-0.2, 0) is 17.8 Å². The largest absolute Gasteiger partial charge is 0.490 e. The predicted octanol–water partition coefficient (Wildman–Crippen LogP) is 8.30. The molecule has 0 bridgehead atoms. The highest BCUT2D eigenvalue weighted by atomic mass is 16.5. The lowest BCUT2D eigenvalue weighted by Crippen LogP contribution is -2.43. The number of ether oxygens (including phenoxy) is 5. The number of nitrogens with zero attached hydrogens (tertiary/aromatic N) is 3. The minimum absolute atomic E-state index is 0.152. The topological polar surface area (TPSA) is 120 Å². The van der Waals surface area contributed by atoms with E-state index < -0.39 is 17.2 Å². The monoisotopic (exact) mass is 805 g/mol. The second kappa shape index (κ2) is 16.8. The van der Waals surface area contributed by atoms with E-state index in [1.54, 1.807) is 0 Å². The molecule has 12 heteroatoms. The van der Waals surface area contributed by atoms with Crippen LogP contribution in [0.3, 0.4) is 0 Å². The van der Waals surface area contributed by atoms with Gasteiger partial charge in [0.2, 0.25) is 0 Å². The molecule has 5 heterocycles. The summed E-state index contributed by atoms with van der Waals surface area (Å²) < 4.78 is 37.2. The van der Waals surface area contributed by atoms with Crippen molar-refractivity contribution in [2.75, 3.05) is 56.3 Å². The van der Waals surface area contributed by atoms with Gasteiger partial charge in [-0.1, -0.05) is 12.2 Å². The van der Waals surface area contributed by atoms with Crippen LogP contribution in [0.1, 0.15) is 99.8 Å². The second-order valence-corrected chi connectivity index (χ2v) is 17.0. The Kier molecular flexibility index (Phi) is 11.6. The summed E-state index contributed by atoms with van der Waals surface area (Å²) in [6.07, 6.45) is 12.1. The van der Waals surface area contributed by atoms with Crippen molar-refractivity contribution in [2.45, 2.75) is 104 Å². The van der Waals surface area contributed by atoms with Gasteiger partial charge in [0.05, 0.1) is 31.6 Å². The number of hydrogen-bond acceptors (Lipinski definition) is 12. The number of carbonyl (C=O) groups excluding carboxylic acids is 1. The zero-order chi connectivity index (χ0) is 41.3. The molecule has 2 N–H and O–H groups in total. The van der Waals surface area contributed by atoms with E-state index >= 15 is 0 Å². The molecule has 1 aromatic heterocycles. The predicted molar refractivity (Wildman–Crippen MR) is 232 cm³/mol. The number of hydrogen-bond donors (Lipinski definition) is 2. The summed E-state index contributed by atoms with van der Waals surface area (Å²) in [5.41, 5.74) is 5.61. The maximum atomic E-state index is 13.8. The number of aromatic nitrogens is 1. The van der Waals surface area contributed by atoms with Gasteiger partial charge in [0, 0.05) is 36.3 Å². The van der Waals surface area contributed by atoms with Crippen molar-refractivity contribution >= 4 is 40.9 Å². The highest BCUT2D eigenvalue weighted by Gasteiger charge is 2.32. The normalized spacial score (nSPS) is 18.4. The molecule has 0 saturated carbocycles. The summed E-state index contributed by atoms with van der Waals surface area (Å²) in [5, 5.41) is 7.03. The molecule has 0 atom stereocenters. The first kappa shape index (κ1) is 40.6. The van der Waals surface area contributed by atoms with Crippen molar-refractivity contribution in [3.63, 3.8) is 0 Å². The Morgan fingerprint density at radius 3 is 1.76 bits per heavy atom. The number of nitrogens with one attached hydrogen (secondary N) is 2. The lowest BCUT2D eigenvalue weighted by atomic mass is 9.98. The molecule has 12 nitrogen and oxygen atoms in total. The average Bonchev–Trinajstić information content (AvgIpc) is 3.65. The van der Waals surface area contributed by atoms with Crippen LogP contribution in [0.25, 0.3) is 23.3 Å². The number of benzene rings is 3. The SMILES string of the molecule is CCOc1cc(CN(c2nc3cc(N(Cc4cc5c(c(OCC)c4)OC(C)(C)C=C5)C4CCNCC4)c(C(=O)OC)cc3o2)C2CCNCC2)cc2c1OC(C)(C)C=C2. The average molecular weight is 806 g/mol. The molecule has 0 spiro atoms. The zero-order valence-electron chi connectivity index (χ0n) is 35.6. The van der Waals surface area contributed by atoms with Crippen LogP contribution < -0.4 is 39.4 Å². The summed E-state index contributed by atoms with van der Waals surface area (Å²) in [6, 6.07) is 13.2. The lowest BCUT2D eigenvalue weighted by Gasteiger charge is -2.37. The Balaban J connectivity index is 1.20. The van der Waals surface area contributed by atoms with Gasteiger partial charge in [-0.05, 0) is 153 Å². The molecule has 4 aliphatic rings. The van der Waals surface area contributed by atoms with Gasteiger partial charge in [-0.2, -0.15) is 4.98 Å². The van der Waals surface area contributed by atoms with Gasteiger partial charge in [-0.15, -0.1) is 0 Å². The summed E-state index contributed by atoms with van der Waals surface area (Å²) in [6.45, 7) is 17.8. The maximum Gasteiger partial charge on any atom is 0.340 e. The van der Waals surface area contributed by atoms with E-state index in [4.69, 9.17) is 33.1 Å². The number of methoxy groups -OCH3 is 1. The van der Waals surface area contributed by atoms with E-state index in [-0.39, 0.29) is 12.1 Å². The van der Waals surface area contributed by atoms with Crippen LogP contribution in [0.15, 0.2) is 53.0 Å². The molecule has 8 rings (SSSR count). The van der Waals surface area contributed by atoms with Gasteiger partial charge in [-0.3, -0.25) is 0 Å².